The Morgan fingerprint density at radius 2 is 2.17 bits per heavy atom. The lowest BCUT2D eigenvalue weighted by atomic mass is 9.97. The standard InChI is InChI=1S/C21H25ClN4O3/c22-19-8-9-20(25-24-19)26-10-2-4-15(13-26)21(27)23-16-5-1-6-17(12-16)29-14-18-7-3-11-28-18/h1,5-6,8-9,12,15,18H,2-4,7,10-11,13-14H2,(H,23,27). The molecule has 8 heteroatoms. The molecule has 154 valence electrons. The predicted octanol–water partition coefficient (Wildman–Crippen LogP) is 3.54. The lowest BCUT2D eigenvalue weighted by Gasteiger charge is -2.32. The summed E-state index contributed by atoms with van der Waals surface area (Å²) in [6, 6.07) is 11.1. The minimum atomic E-state index is -0.113. The average molecular weight is 417 g/mol. The van der Waals surface area contributed by atoms with Crippen LogP contribution in [0.5, 0.6) is 5.75 Å². The second-order valence-electron chi connectivity index (χ2n) is 7.46. The second-order valence-corrected chi connectivity index (χ2v) is 7.85. The van der Waals surface area contributed by atoms with Gasteiger partial charge in [-0.3, -0.25) is 4.79 Å². The van der Waals surface area contributed by atoms with Crippen molar-refractivity contribution in [3.05, 3.63) is 41.6 Å². The zero-order valence-corrected chi connectivity index (χ0v) is 17.0. The van der Waals surface area contributed by atoms with E-state index in [1.165, 1.54) is 0 Å². The molecule has 4 rings (SSSR count). The zero-order chi connectivity index (χ0) is 20.1. The van der Waals surface area contributed by atoms with Gasteiger partial charge in [0.05, 0.1) is 12.0 Å². The zero-order valence-electron chi connectivity index (χ0n) is 16.2. The molecule has 29 heavy (non-hydrogen) atoms. The summed E-state index contributed by atoms with van der Waals surface area (Å²) in [4.78, 5) is 14.9. The number of carbonyl (C=O) groups excluding carboxylic acids is 1. The van der Waals surface area contributed by atoms with Crippen LogP contribution in [0.4, 0.5) is 11.5 Å². The minimum absolute atomic E-state index is 0.00731. The van der Waals surface area contributed by atoms with Crippen LogP contribution in [0.1, 0.15) is 25.7 Å². The third kappa shape index (κ3) is 5.36. The smallest absolute Gasteiger partial charge is 0.229 e. The lowest BCUT2D eigenvalue weighted by molar-refractivity contribution is -0.120. The first-order valence-corrected chi connectivity index (χ1v) is 10.4. The van der Waals surface area contributed by atoms with Gasteiger partial charge in [-0.25, -0.2) is 0 Å². The highest BCUT2D eigenvalue weighted by molar-refractivity contribution is 6.29. The van der Waals surface area contributed by atoms with Crippen molar-refractivity contribution in [2.75, 3.05) is 36.5 Å². The summed E-state index contributed by atoms with van der Waals surface area (Å²) in [5, 5.41) is 11.4. The summed E-state index contributed by atoms with van der Waals surface area (Å²) in [6.45, 7) is 2.81. The van der Waals surface area contributed by atoms with Crippen LogP contribution < -0.4 is 15.0 Å². The van der Waals surface area contributed by atoms with Gasteiger partial charge >= 0.3 is 0 Å². The largest absolute Gasteiger partial charge is 0.491 e. The fourth-order valence-corrected chi connectivity index (χ4v) is 3.85. The molecule has 1 aromatic carbocycles. The number of ether oxygens (including phenoxy) is 2. The van der Waals surface area contributed by atoms with E-state index in [0.29, 0.717) is 18.3 Å². The summed E-state index contributed by atoms with van der Waals surface area (Å²) in [6.07, 6.45) is 4.06. The molecule has 2 saturated heterocycles. The molecule has 0 bridgehead atoms. The van der Waals surface area contributed by atoms with Crippen LogP contribution in [0, 0.1) is 5.92 Å². The third-order valence-electron chi connectivity index (χ3n) is 5.30. The normalized spacial score (nSPS) is 21.8. The fraction of sp³-hybridized carbons (Fsp3) is 0.476. The minimum Gasteiger partial charge on any atom is -0.491 e. The molecule has 2 unspecified atom stereocenters. The Morgan fingerprint density at radius 1 is 1.24 bits per heavy atom. The number of anilines is 2. The Balaban J connectivity index is 1.33. The monoisotopic (exact) mass is 416 g/mol. The molecule has 7 nitrogen and oxygen atoms in total. The van der Waals surface area contributed by atoms with Crippen LogP contribution in [0.3, 0.4) is 0 Å². The van der Waals surface area contributed by atoms with Gasteiger partial charge in [0.25, 0.3) is 0 Å². The van der Waals surface area contributed by atoms with Crippen LogP contribution in [-0.2, 0) is 9.53 Å². The van der Waals surface area contributed by atoms with E-state index in [9.17, 15) is 4.79 Å². The maximum atomic E-state index is 12.8. The van der Waals surface area contributed by atoms with E-state index in [1.807, 2.05) is 30.3 Å². The number of nitrogens with zero attached hydrogens (tertiary/aromatic N) is 3. The molecule has 2 fully saturated rings. The van der Waals surface area contributed by atoms with E-state index in [0.717, 1.165) is 56.1 Å². The third-order valence-corrected chi connectivity index (χ3v) is 5.50. The fourth-order valence-electron chi connectivity index (χ4n) is 3.75. The van der Waals surface area contributed by atoms with Crippen LogP contribution in [0.25, 0.3) is 0 Å². The van der Waals surface area contributed by atoms with E-state index in [4.69, 9.17) is 21.1 Å². The quantitative estimate of drug-likeness (QED) is 0.776. The molecule has 0 saturated carbocycles. The van der Waals surface area contributed by atoms with Gasteiger partial charge in [-0.2, -0.15) is 0 Å². The molecule has 1 amide bonds. The van der Waals surface area contributed by atoms with Gasteiger partial charge in [0.15, 0.2) is 11.0 Å². The Hall–Kier alpha value is -2.38. The van der Waals surface area contributed by atoms with Crippen molar-refractivity contribution in [2.45, 2.75) is 31.8 Å². The summed E-state index contributed by atoms with van der Waals surface area (Å²) in [5.74, 6) is 1.38. The van der Waals surface area contributed by atoms with Crippen LogP contribution in [-0.4, -0.2) is 48.5 Å². The molecule has 2 aromatic rings. The number of amides is 1. The van der Waals surface area contributed by atoms with Gasteiger partial charge in [0.2, 0.25) is 5.91 Å². The van der Waals surface area contributed by atoms with Crippen molar-refractivity contribution < 1.29 is 14.3 Å². The predicted molar refractivity (Wildman–Crippen MR) is 112 cm³/mol. The highest BCUT2D eigenvalue weighted by Crippen LogP contribution is 2.24. The van der Waals surface area contributed by atoms with Crippen molar-refractivity contribution in [2.24, 2.45) is 5.92 Å². The van der Waals surface area contributed by atoms with Crippen LogP contribution in [0.15, 0.2) is 36.4 Å². The van der Waals surface area contributed by atoms with E-state index in [-0.39, 0.29) is 17.9 Å². The number of nitrogens with one attached hydrogen (secondary N) is 1. The topological polar surface area (TPSA) is 76.6 Å². The van der Waals surface area contributed by atoms with Gasteiger partial charge < -0.3 is 19.7 Å². The molecule has 0 aliphatic carbocycles. The summed E-state index contributed by atoms with van der Waals surface area (Å²) in [7, 11) is 0. The van der Waals surface area contributed by atoms with E-state index >= 15 is 0 Å². The van der Waals surface area contributed by atoms with Crippen molar-refractivity contribution in [3.63, 3.8) is 0 Å². The number of piperidine rings is 1. The molecule has 2 aliphatic rings. The second kappa shape index (κ2) is 9.41. The number of hydrogen-bond acceptors (Lipinski definition) is 6. The molecular weight excluding hydrogens is 392 g/mol. The Bertz CT molecular complexity index is 827. The van der Waals surface area contributed by atoms with E-state index < -0.39 is 0 Å². The van der Waals surface area contributed by atoms with Crippen LogP contribution in [0.2, 0.25) is 5.15 Å². The molecule has 3 heterocycles. The first-order valence-electron chi connectivity index (χ1n) is 10.1. The van der Waals surface area contributed by atoms with E-state index in [1.54, 1.807) is 6.07 Å². The molecule has 1 aromatic heterocycles. The van der Waals surface area contributed by atoms with Crippen molar-refractivity contribution in [1.82, 2.24) is 10.2 Å². The van der Waals surface area contributed by atoms with Gasteiger partial charge in [-0.1, -0.05) is 17.7 Å². The van der Waals surface area contributed by atoms with Crippen molar-refractivity contribution >= 4 is 29.0 Å². The molecular formula is C21H25ClN4O3. The first kappa shape index (κ1) is 19.9. The van der Waals surface area contributed by atoms with Gasteiger partial charge in [0.1, 0.15) is 12.4 Å². The number of aromatic nitrogens is 2. The summed E-state index contributed by atoms with van der Waals surface area (Å²) in [5.41, 5.74) is 0.739. The number of halogens is 1. The Morgan fingerprint density at radius 3 is 2.97 bits per heavy atom. The molecule has 2 atom stereocenters. The van der Waals surface area contributed by atoms with Gasteiger partial charge in [-0.15, -0.1) is 10.2 Å². The SMILES string of the molecule is O=C(Nc1cccc(OCC2CCCO2)c1)C1CCCN(c2ccc(Cl)nn2)C1. The molecule has 2 aliphatic heterocycles. The number of rotatable bonds is 6. The number of carbonyl (C=O) groups is 1. The summed E-state index contributed by atoms with van der Waals surface area (Å²) < 4.78 is 11.4. The van der Waals surface area contributed by atoms with E-state index in [2.05, 4.69) is 20.4 Å². The highest BCUT2D eigenvalue weighted by Gasteiger charge is 2.27. The molecule has 1 N–H and O–H groups in total. The Labute approximate surface area is 175 Å². The van der Waals surface area contributed by atoms with Crippen molar-refractivity contribution in [1.29, 1.82) is 0 Å². The lowest BCUT2D eigenvalue weighted by Crippen LogP contribution is -2.41. The number of hydrogen-bond donors (Lipinski definition) is 1. The maximum Gasteiger partial charge on any atom is 0.229 e. The van der Waals surface area contributed by atoms with Gasteiger partial charge in [0, 0.05) is 31.5 Å². The Kier molecular flexibility index (Phi) is 6.46. The van der Waals surface area contributed by atoms with Crippen molar-refractivity contribution in [3.8, 4) is 5.75 Å². The molecule has 0 spiro atoms. The van der Waals surface area contributed by atoms with Crippen LogP contribution >= 0.6 is 11.6 Å². The maximum absolute atomic E-state index is 12.8. The molecule has 0 radical (unpaired) electrons. The highest BCUT2D eigenvalue weighted by atomic mass is 35.5. The van der Waals surface area contributed by atoms with Gasteiger partial charge in [-0.05, 0) is 49.9 Å². The number of benzene rings is 1. The summed E-state index contributed by atoms with van der Waals surface area (Å²) >= 11 is 5.82. The first-order chi connectivity index (χ1) is 14.2. The average Bonchev–Trinajstić information content (AvgIpc) is 3.27.